The summed E-state index contributed by atoms with van der Waals surface area (Å²) in [5.74, 6) is 0.471. The molecule has 2 rings (SSSR count). The lowest BCUT2D eigenvalue weighted by atomic mass is 10.0. The van der Waals surface area contributed by atoms with Crippen LogP contribution in [0.5, 0.6) is 0 Å². The zero-order chi connectivity index (χ0) is 13.1. The van der Waals surface area contributed by atoms with Crippen LogP contribution < -0.4 is 5.73 Å². The summed E-state index contributed by atoms with van der Waals surface area (Å²) in [5, 5.41) is 14.6. The molecule has 0 aliphatic carbocycles. The van der Waals surface area contributed by atoms with Crippen molar-refractivity contribution >= 4 is 5.82 Å². The van der Waals surface area contributed by atoms with Crippen molar-refractivity contribution in [2.75, 3.05) is 5.73 Å². The molecule has 18 heavy (non-hydrogen) atoms. The van der Waals surface area contributed by atoms with Crippen molar-refractivity contribution in [1.82, 2.24) is 14.8 Å². The molecule has 0 radical (unpaired) electrons. The highest BCUT2D eigenvalue weighted by molar-refractivity contribution is 5.39. The number of aliphatic hydroxyl groups is 1. The standard InChI is InChI=1S/C13H18N4O/c1-3-11-10(8-17(2)16-11)12(18)7-9-5-4-6-15-13(9)14/h4-6,8,12,18H,3,7H2,1-2H3,(H2,14,15). The molecule has 3 N–H and O–H groups in total. The molecule has 0 spiro atoms. The number of aromatic nitrogens is 3. The third kappa shape index (κ3) is 2.51. The number of hydrogen-bond donors (Lipinski definition) is 2. The number of nitrogen functional groups attached to an aromatic ring is 1. The van der Waals surface area contributed by atoms with E-state index in [2.05, 4.69) is 10.1 Å². The first-order chi connectivity index (χ1) is 8.61. The SMILES string of the molecule is CCc1nn(C)cc1C(O)Cc1cccnc1N. The average molecular weight is 246 g/mol. The van der Waals surface area contributed by atoms with Crippen molar-refractivity contribution in [3.05, 3.63) is 41.3 Å². The van der Waals surface area contributed by atoms with E-state index in [0.29, 0.717) is 12.2 Å². The molecule has 0 fully saturated rings. The molecule has 2 heterocycles. The second-order valence-electron chi connectivity index (χ2n) is 4.33. The van der Waals surface area contributed by atoms with Gasteiger partial charge in [0.2, 0.25) is 0 Å². The molecule has 1 unspecified atom stereocenters. The minimum Gasteiger partial charge on any atom is -0.388 e. The van der Waals surface area contributed by atoms with Crippen LogP contribution >= 0.6 is 0 Å². The van der Waals surface area contributed by atoms with E-state index < -0.39 is 6.10 Å². The summed E-state index contributed by atoms with van der Waals surface area (Å²) >= 11 is 0. The number of aryl methyl sites for hydroxylation is 2. The summed E-state index contributed by atoms with van der Waals surface area (Å²) in [5.41, 5.74) is 8.42. The van der Waals surface area contributed by atoms with Gasteiger partial charge in [-0.1, -0.05) is 13.0 Å². The van der Waals surface area contributed by atoms with Crippen LogP contribution in [0.1, 0.15) is 29.8 Å². The van der Waals surface area contributed by atoms with Gasteiger partial charge in [-0.25, -0.2) is 4.98 Å². The molecule has 1 atom stereocenters. The van der Waals surface area contributed by atoms with Crippen LogP contribution in [0.25, 0.3) is 0 Å². The Balaban J connectivity index is 2.21. The van der Waals surface area contributed by atoms with Gasteiger partial charge in [0, 0.05) is 31.4 Å². The predicted octanol–water partition coefficient (Wildman–Crippen LogP) is 1.24. The lowest BCUT2D eigenvalue weighted by Crippen LogP contribution is -2.06. The van der Waals surface area contributed by atoms with Crippen LogP contribution in [-0.4, -0.2) is 19.9 Å². The van der Waals surface area contributed by atoms with Crippen LogP contribution in [0, 0.1) is 0 Å². The Bertz CT molecular complexity index is 536. The number of hydrogen-bond acceptors (Lipinski definition) is 4. The van der Waals surface area contributed by atoms with Gasteiger partial charge >= 0.3 is 0 Å². The van der Waals surface area contributed by atoms with Gasteiger partial charge in [-0.15, -0.1) is 0 Å². The fourth-order valence-corrected chi connectivity index (χ4v) is 2.05. The van der Waals surface area contributed by atoms with Crippen LogP contribution in [0.3, 0.4) is 0 Å². The van der Waals surface area contributed by atoms with Gasteiger partial charge < -0.3 is 10.8 Å². The number of nitrogens with two attached hydrogens (primary N) is 1. The maximum Gasteiger partial charge on any atom is 0.126 e. The molecule has 0 saturated heterocycles. The molecule has 0 amide bonds. The molecule has 0 aliphatic rings. The van der Waals surface area contributed by atoms with Gasteiger partial charge in [0.15, 0.2) is 0 Å². The first-order valence-electron chi connectivity index (χ1n) is 6.01. The number of aliphatic hydroxyl groups excluding tert-OH is 1. The maximum absolute atomic E-state index is 10.3. The Hall–Kier alpha value is -1.88. The van der Waals surface area contributed by atoms with Crippen LogP contribution in [-0.2, 0) is 19.9 Å². The van der Waals surface area contributed by atoms with Gasteiger partial charge in [0.05, 0.1) is 11.8 Å². The molecule has 0 bridgehead atoms. The van der Waals surface area contributed by atoms with E-state index in [4.69, 9.17) is 5.73 Å². The first kappa shape index (κ1) is 12.6. The Labute approximate surface area is 106 Å². The average Bonchev–Trinajstić information content (AvgIpc) is 2.73. The molecular formula is C13H18N4O. The topological polar surface area (TPSA) is 77.0 Å². The summed E-state index contributed by atoms with van der Waals surface area (Å²) in [7, 11) is 1.85. The molecule has 0 aliphatic heterocycles. The molecule has 5 heteroatoms. The van der Waals surface area contributed by atoms with E-state index >= 15 is 0 Å². The van der Waals surface area contributed by atoms with Crippen molar-refractivity contribution in [2.45, 2.75) is 25.9 Å². The van der Waals surface area contributed by atoms with Gasteiger partial charge in [-0.05, 0) is 18.1 Å². The van der Waals surface area contributed by atoms with Crippen molar-refractivity contribution in [2.24, 2.45) is 7.05 Å². The van der Waals surface area contributed by atoms with Gasteiger partial charge in [-0.3, -0.25) is 4.68 Å². The zero-order valence-electron chi connectivity index (χ0n) is 10.7. The Morgan fingerprint density at radius 3 is 2.94 bits per heavy atom. The van der Waals surface area contributed by atoms with Gasteiger partial charge in [0.25, 0.3) is 0 Å². The summed E-state index contributed by atoms with van der Waals surface area (Å²) in [6.07, 6.45) is 4.16. The number of pyridine rings is 1. The monoisotopic (exact) mass is 246 g/mol. The fourth-order valence-electron chi connectivity index (χ4n) is 2.05. The van der Waals surface area contributed by atoms with Crippen molar-refractivity contribution in [3.63, 3.8) is 0 Å². The van der Waals surface area contributed by atoms with E-state index in [9.17, 15) is 5.11 Å². The minimum absolute atomic E-state index is 0.457. The Morgan fingerprint density at radius 2 is 2.28 bits per heavy atom. The van der Waals surface area contributed by atoms with E-state index in [1.54, 1.807) is 10.9 Å². The third-order valence-corrected chi connectivity index (χ3v) is 2.97. The van der Waals surface area contributed by atoms with Crippen LogP contribution in [0.4, 0.5) is 5.82 Å². The largest absolute Gasteiger partial charge is 0.388 e. The normalized spacial score (nSPS) is 12.6. The highest BCUT2D eigenvalue weighted by atomic mass is 16.3. The Morgan fingerprint density at radius 1 is 1.50 bits per heavy atom. The number of anilines is 1. The predicted molar refractivity (Wildman–Crippen MR) is 69.9 cm³/mol. The van der Waals surface area contributed by atoms with Crippen molar-refractivity contribution in [3.8, 4) is 0 Å². The van der Waals surface area contributed by atoms with E-state index in [-0.39, 0.29) is 0 Å². The summed E-state index contributed by atoms with van der Waals surface area (Å²) < 4.78 is 1.73. The second-order valence-corrected chi connectivity index (χ2v) is 4.33. The smallest absolute Gasteiger partial charge is 0.126 e. The number of rotatable bonds is 4. The second kappa shape index (κ2) is 5.18. The lowest BCUT2D eigenvalue weighted by molar-refractivity contribution is 0.177. The summed E-state index contributed by atoms with van der Waals surface area (Å²) in [6, 6.07) is 3.70. The summed E-state index contributed by atoms with van der Waals surface area (Å²) in [6.45, 7) is 2.02. The van der Waals surface area contributed by atoms with Crippen molar-refractivity contribution < 1.29 is 5.11 Å². The quantitative estimate of drug-likeness (QED) is 0.850. The summed E-state index contributed by atoms with van der Waals surface area (Å²) in [4.78, 5) is 4.02. The highest BCUT2D eigenvalue weighted by Gasteiger charge is 2.16. The molecule has 2 aromatic rings. The zero-order valence-corrected chi connectivity index (χ0v) is 10.7. The molecular weight excluding hydrogens is 228 g/mol. The van der Waals surface area contributed by atoms with Gasteiger partial charge in [0.1, 0.15) is 5.82 Å². The fraction of sp³-hybridized carbons (Fsp3) is 0.385. The molecule has 5 nitrogen and oxygen atoms in total. The highest BCUT2D eigenvalue weighted by Crippen LogP contribution is 2.23. The minimum atomic E-state index is -0.597. The maximum atomic E-state index is 10.3. The van der Waals surface area contributed by atoms with E-state index in [0.717, 1.165) is 23.2 Å². The van der Waals surface area contributed by atoms with E-state index in [1.165, 1.54) is 0 Å². The van der Waals surface area contributed by atoms with E-state index in [1.807, 2.05) is 32.3 Å². The molecule has 2 aromatic heterocycles. The lowest BCUT2D eigenvalue weighted by Gasteiger charge is -2.11. The molecule has 0 aromatic carbocycles. The first-order valence-corrected chi connectivity index (χ1v) is 6.01. The molecule has 96 valence electrons. The van der Waals surface area contributed by atoms with Crippen LogP contribution in [0.2, 0.25) is 0 Å². The third-order valence-electron chi connectivity index (χ3n) is 2.97. The van der Waals surface area contributed by atoms with Gasteiger partial charge in [-0.2, -0.15) is 5.10 Å². The van der Waals surface area contributed by atoms with Crippen molar-refractivity contribution in [1.29, 1.82) is 0 Å². The molecule has 0 saturated carbocycles. The Kier molecular flexibility index (Phi) is 3.62. The van der Waals surface area contributed by atoms with Crippen LogP contribution in [0.15, 0.2) is 24.5 Å². The number of nitrogens with zero attached hydrogens (tertiary/aromatic N) is 3.